The molecule has 35 valence electrons. The molecule has 6 heavy (non-hydrogen) atoms. The molecule has 0 aliphatic heterocycles. The van der Waals surface area contributed by atoms with Crippen LogP contribution in [0.25, 0.3) is 0 Å². The van der Waals surface area contributed by atoms with E-state index in [1.54, 1.807) is 0 Å². The average Bonchev–Trinajstić information content (AvgIpc) is 0.722. The van der Waals surface area contributed by atoms with E-state index in [9.17, 15) is 0 Å². The second-order valence-corrected chi connectivity index (χ2v) is 1.13. The molecule has 0 spiro atoms. The molecule has 0 saturated carbocycles. The van der Waals surface area contributed by atoms with Gasteiger partial charge < -0.3 is 0 Å². The summed E-state index contributed by atoms with van der Waals surface area (Å²) in [6.45, 7) is 0. The molecule has 0 amide bonds. The Hall–Kier alpha value is 1.47. The summed E-state index contributed by atoms with van der Waals surface area (Å²) < 4.78 is 34.0. The molecule has 0 heterocycles. The molecule has 0 fully saturated rings. The number of hydrogen-bond donors (Lipinski definition) is 0. The van der Waals surface area contributed by atoms with Crippen molar-refractivity contribution in [1.29, 1.82) is 0 Å². The molecular weight excluding hydrogens is 250 g/mol. The molecule has 0 bridgehead atoms. The third kappa shape index (κ3) is 50.7. The number of rotatable bonds is 0. The predicted octanol–water partition coefficient (Wildman–Crippen LogP) is -4.76. The van der Waals surface area contributed by atoms with E-state index in [4.69, 9.17) is 18.6 Å². The molecule has 0 aromatic carbocycles. The first-order chi connectivity index (χ1) is 2.00. The molecule has 1 radical (unpaired) electrons. The van der Waals surface area contributed by atoms with Crippen LogP contribution in [0.15, 0.2) is 0 Å². The Labute approximate surface area is 68.6 Å². The molecule has 0 saturated heterocycles. The van der Waals surface area contributed by atoms with Crippen LogP contribution in [0, 0.1) is 50.6 Å². The monoisotopic (exact) mass is 251 g/mol. The van der Waals surface area contributed by atoms with E-state index < -0.39 is 10.2 Å². The van der Waals surface area contributed by atoms with Crippen LogP contribution in [-0.4, -0.2) is 0 Å². The fraction of sp³-hybridized carbons (Fsp3) is 0. The predicted molar refractivity (Wildman–Crippen MR) is 0 cm³/mol. The Morgan fingerprint density at radius 2 is 0.833 bits per heavy atom. The van der Waals surface area contributed by atoms with Gasteiger partial charge in [0.15, 0.2) is 0 Å². The molecule has 0 aromatic heterocycles. The van der Waals surface area contributed by atoms with Crippen molar-refractivity contribution in [1.82, 2.24) is 0 Å². The van der Waals surface area contributed by atoms with Gasteiger partial charge in [-0.1, -0.05) is 0 Å². The van der Waals surface area contributed by atoms with Crippen molar-refractivity contribution in [2.45, 2.75) is 0 Å². The van der Waals surface area contributed by atoms with Crippen LogP contribution in [0.5, 0.6) is 0 Å². The van der Waals surface area contributed by atoms with E-state index >= 15 is 0 Å². The Kier molecular flexibility index (Phi) is 6.04. The zero-order valence-corrected chi connectivity index (χ0v) is 5.79. The Balaban J connectivity index is 0. The Morgan fingerprint density at radius 3 is 0.833 bits per heavy atom. The van der Waals surface area contributed by atoms with Crippen LogP contribution >= 0.6 is 0 Å². The molecule has 0 aromatic rings. The molecule has 6 heteroatoms. The summed E-state index contributed by atoms with van der Waals surface area (Å²) in [6, 6.07) is 0. The summed E-state index contributed by atoms with van der Waals surface area (Å²) in [4.78, 5) is 0. The van der Waals surface area contributed by atoms with Gasteiger partial charge in [0.2, 0.25) is 0 Å². The van der Waals surface area contributed by atoms with Gasteiger partial charge in [0, 0.05) is 0 Å². The van der Waals surface area contributed by atoms with E-state index in [1.807, 2.05) is 0 Å². The molecule has 0 atom stereocenters. The van der Waals surface area contributed by atoms with Crippen LogP contribution in [0.3, 0.4) is 0 Å². The van der Waals surface area contributed by atoms with Gasteiger partial charge in [0.25, 0.3) is 0 Å². The van der Waals surface area contributed by atoms with Gasteiger partial charge in [-0.2, -0.15) is 0 Å². The second kappa shape index (κ2) is 3.47. The van der Waals surface area contributed by atoms with Crippen LogP contribution < -0.4 is 18.6 Å². The third-order valence-corrected chi connectivity index (χ3v) is 0. The number of hydrogen-bond acceptors (Lipinski definition) is 4. The molecule has 0 unspecified atom stereocenters. The Bertz CT molecular complexity index is 23.0. The first-order valence-electron chi connectivity index (χ1n) is 0.617. The maximum atomic E-state index is 8.49. The topological polar surface area (TPSA) is 92.2 Å². The summed E-state index contributed by atoms with van der Waals surface area (Å²) in [7, 11) is -4.94. The molecule has 0 aliphatic carbocycles. The SMILES string of the molecule is [O-][Cl+3]([O-])([O-])[O-].[Sm+3]. The molecule has 0 rings (SSSR count). The average molecular weight is 250 g/mol. The van der Waals surface area contributed by atoms with E-state index in [0.717, 1.165) is 0 Å². The van der Waals surface area contributed by atoms with Gasteiger partial charge in [-0.15, -0.1) is 10.2 Å². The van der Waals surface area contributed by atoms with Crippen molar-refractivity contribution in [3.8, 4) is 0 Å². The minimum Gasteiger partial charge on any atom is -0.222 e. The van der Waals surface area contributed by atoms with Gasteiger partial charge in [-0.05, 0) is 0 Å². The number of halogens is 1. The van der Waals surface area contributed by atoms with Crippen LogP contribution in [0.1, 0.15) is 0 Å². The summed E-state index contributed by atoms with van der Waals surface area (Å²) >= 11 is 0. The maximum absolute atomic E-state index is 8.49. The van der Waals surface area contributed by atoms with Crippen LogP contribution in [-0.2, 0) is 0 Å². The fourth-order valence-electron chi connectivity index (χ4n) is 0. The largest absolute Gasteiger partial charge is 3.00 e. The first-order valence-corrected chi connectivity index (χ1v) is 1.85. The Morgan fingerprint density at radius 1 is 0.833 bits per heavy atom. The van der Waals surface area contributed by atoms with Crippen molar-refractivity contribution in [3.05, 3.63) is 0 Å². The smallest absolute Gasteiger partial charge is 0.222 e. The minimum absolute atomic E-state index is 0. The minimum atomic E-state index is -4.94. The van der Waals surface area contributed by atoms with Crippen molar-refractivity contribution in [2.75, 3.05) is 0 Å². The van der Waals surface area contributed by atoms with Crippen molar-refractivity contribution >= 4 is 0 Å². The normalized spacial score (nSPS) is 10.0. The zero-order valence-electron chi connectivity index (χ0n) is 2.42. The van der Waals surface area contributed by atoms with E-state index in [1.165, 1.54) is 0 Å². The summed E-state index contributed by atoms with van der Waals surface area (Å²) in [5.41, 5.74) is 0. The van der Waals surface area contributed by atoms with Gasteiger partial charge in [0.05, 0.1) is 0 Å². The standard InChI is InChI=1S/ClHO4.Sm/c2-1(3,4)5;/h(H,2,3,4,5);/q;+3/p-1. The van der Waals surface area contributed by atoms with E-state index in [0.29, 0.717) is 0 Å². The molecule has 0 aliphatic rings. The molecular formula is ClO4Sm+2. The quantitative estimate of drug-likeness (QED) is 0.431. The van der Waals surface area contributed by atoms with Gasteiger partial charge in [-0.3, -0.25) is 0 Å². The zero-order chi connectivity index (χ0) is 4.50. The third-order valence-electron chi connectivity index (χ3n) is 0. The van der Waals surface area contributed by atoms with E-state index in [2.05, 4.69) is 0 Å². The van der Waals surface area contributed by atoms with Crippen molar-refractivity contribution in [3.63, 3.8) is 0 Å². The summed E-state index contributed by atoms with van der Waals surface area (Å²) in [5.74, 6) is 0. The summed E-state index contributed by atoms with van der Waals surface area (Å²) in [6.07, 6.45) is 0. The summed E-state index contributed by atoms with van der Waals surface area (Å²) in [5, 5.41) is 0. The second-order valence-electron chi connectivity index (χ2n) is 0.378. The van der Waals surface area contributed by atoms with Gasteiger partial charge in [0.1, 0.15) is 0 Å². The van der Waals surface area contributed by atoms with E-state index in [-0.39, 0.29) is 40.4 Å². The molecule has 4 nitrogen and oxygen atoms in total. The van der Waals surface area contributed by atoms with Crippen LogP contribution in [0.4, 0.5) is 0 Å². The van der Waals surface area contributed by atoms with Gasteiger partial charge in [-0.25, -0.2) is 18.6 Å². The maximum Gasteiger partial charge on any atom is 3.00 e. The fourth-order valence-corrected chi connectivity index (χ4v) is 0. The van der Waals surface area contributed by atoms with Crippen LogP contribution in [0.2, 0.25) is 0 Å². The van der Waals surface area contributed by atoms with Crippen molar-refractivity contribution < 1.29 is 69.3 Å². The van der Waals surface area contributed by atoms with Crippen molar-refractivity contribution in [2.24, 2.45) is 0 Å². The first kappa shape index (κ1) is 10.4. The molecule has 0 N–H and O–H groups in total. The van der Waals surface area contributed by atoms with Gasteiger partial charge >= 0.3 is 40.4 Å².